The zero-order valence-electron chi connectivity index (χ0n) is 15.3. The number of aromatic nitrogens is 1. The number of benzene rings is 1. The predicted molar refractivity (Wildman–Crippen MR) is 109 cm³/mol. The average Bonchev–Trinajstić information content (AvgIpc) is 3.40. The molecular weight excluding hydrogens is 361 g/mol. The standard InChI is InChI=1S/C21H24FN3OS/c22-17-6-7-18-16(13-17)14-19(20-5-3-12-27-20)25(18)15-21(26)23-8-4-11-24-9-1-2-10-24/h3,5-7,12-14H,1-2,4,8-11,15H2,(H,23,26). The van der Waals surface area contributed by atoms with Gasteiger partial charge in [0.1, 0.15) is 12.4 Å². The van der Waals surface area contributed by atoms with Gasteiger partial charge in [-0.1, -0.05) is 6.07 Å². The second-order valence-corrected chi connectivity index (χ2v) is 8.00. The number of likely N-dealkylation sites (tertiary alicyclic amines) is 1. The zero-order valence-corrected chi connectivity index (χ0v) is 16.1. The summed E-state index contributed by atoms with van der Waals surface area (Å²) >= 11 is 1.62. The molecule has 1 N–H and O–H groups in total. The Bertz CT molecular complexity index is 913. The Morgan fingerprint density at radius 1 is 1.19 bits per heavy atom. The molecule has 2 aromatic heterocycles. The highest BCUT2D eigenvalue weighted by molar-refractivity contribution is 7.13. The summed E-state index contributed by atoms with van der Waals surface area (Å²) in [5, 5.41) is 5.87. The normalized spacial score (nSPS) is 14.9. The molecule has 0 radical (unpaired) electrons. The van der Waals surface area contributed by atoms with Crippen molar-refractivity contribution in [3.8, 4) is 10.6 Å². The molecule has 6 heteroatoms. The number of halogens is 1. The highest BCUT2D eigenvalue weighted by Gasteiger charge is 2.15. The number of hydrogen-bond donors (Lipinski definition) is 1. The van der Waals surface area contributed by atoms with E-state index in [9.17, 15) is 9.18 Å². The molecule has 1 aliphatic rings. The maximum Gasteiger partial charge on any atom is 0.239 e. The molecule has 1 aromatic carbocycles. The van der Waals surface area contributed by atoms with E-state index in [0.29, 0.717) is 6.54 Å². The van der Waals surface area contributed by atoms with E-state index in [1.165, 1.54) is 38.1 Å². The molecule has 1 saturated heterocycles. The molecule has 0 atom stereocenters. The number of thiophene rings is 1. The quantitative estimate of drug-likeness (QED) is 0.622. The number of hydrogen-bond acceptors (Lipinski definition) is 3. The van der Waals surface area contributed by atoms with Crippen LogP contribution in [0.15, 0.2) is 41.8 Å². The van der Waals surface area contributed by atoms with Crippen molar-refractivity contribution in [1.29, 1.82) is 0 Å². The first kappa shape index (κ1) is 18.2. The fourth-order valence-electron chi connectivity index (χ4n) is 3.78. The molecule has 0 spiro atoms. The van der Waals surface area contributed by atoms with Gasteiger partial charge in [0.2, 0.25) is 5.91 Å². The molecule has 0 saturated carbocycles. The van der Waals surface area contributed by atoms with E-state index >= 15 is 0 Å². The monoisotopic (exact) mass is 385 g/mol. The van der Waals surface area contributed by atoms with E-state index in [-0.39, 0.29) is 18.3 Å². The van der Waals surface area contributed by atoms with Crippen LogP contribution in [-0.4, -0.2) is 41.6 Å². The molecule has 0 unspecified atom stereocenters. The van der Waals surface area contributed by atoms with Crippen LogP contribution in [0.5, 0.6) is 0 Å². The number of carbonyl (C=O) groups is 1. The molecular formula is C21H24FN3OS. The summed E-state index contributed by atoms with van der Waals surface area (Å²) in [4.78, 5) is 16.1. The molecule has 1 amide bonds. The lowest BCUT2D eigenvalue weighted by atomic mass is 10.2. The van der Waals surface area contributed by atoms with Crippen LogP contribution in [0.3, 0.4) is 0 Å². The van der Waals surface area contributed by atoms with E-state index in [1.54, 1.807) is 17.4 Å². The van der Waals surface area contributed by atoms with Crippen LogP contribution in [0, 0.1) is 5.82 Å². The number of amides is 1. The Morgan fingerprint density at radius 2 is 2.04 bits per heavy atom. The topological polar surface area (TPSA) is 37.3 Å². The third-order valence-corrected chi connectivity index (χ3v) is 6.00. The van der Waals surface area contributed by atoms with Crippen molar-refractivity contribution in [1.82, 2.24) is 14.8 Å². The van der Waals surface area contributed by atoms with Gasteiger partial charge >= 0.3 is 0 Å². The van der Waals surface area contributed by atoms with Crippen molar-refractivity contribution < 1.29 is 9.18 Å². The van der Waals surface area contributed by atoms with Crippen LogP contribution in [0.4, 0.5) is 4.39 Å². The van der Waals surface area contributed by atoms with Crippen molar-refractivity contribution in [2.75, 3.05) is 26.2 Å². The number of nitrogens with one attached hydrogen (secondary N) is 1. The SMILES string of the molecule is O=C(Cn1c(-c2cccs2)cc2cc(F)ccc21)NCCCN1CCCC1. The number of carbonyl (C=O) groups excluding carboxylic acids is 1. The lowest BCUT2D eigenvalue weighted by Crippen LogP contribution is -2.31. The second-order valence-electron chi connectivity index (χ2n) is 7.05. The summed E-state index contributed by atoms with van der Waals surface area (Å²) in [6.07, 6.45) is 3.56. The summed E-state index contributed by atoms with van der Waals surface area (Å²) in [7, 11) is 0. The van der Waals surface area contributed by atoms with Gasteiger partial charge in [0.25, 0.3) is 0 Å². The average molecular weight is 386 g/mol. The van der Waals surface area contributed by atoms with Crippen molar-refractivity contribution >= 4 is 28.1 Å². The maximum atomic E-state index is 13.6. The minimum atomic E-state index is -0.260. The van der Waals surface area contributed by atoms with Crippen LogP contribution < -0.4 is 5.32 Å². The number of rotatable bonds is 7. The number of fused-ring (bicyclic) bond motifs is 1. The van der Waals surface area contributed by atoms with E-state index in [2.05, 4.69) is 10.2 Å². The lowest BCUT2D eigenvalue weighted by Gasteiger charge is -2.15. The summed E-state index contributed by atoms with van der Waals surface area (Å²) in [5.41, 5.74) is 1.84. The van der Waals surface area contributed by atoms with Crippen molar-refractivity contribution in [3.63, 3.8) is 0 Å². The Balaban J connectivity index is 1.45. The Labute approximate surface area is 162 Å². The molecule has 3 heterocycles. The van der Waals surface area contributed by atoms with Gasteiger partial charge in [-0.05, 0) is 74.6 Å². The maximum absolute atomic E-state index is 13.6. The molecule has 1 fully saturated rings. The summed E-state index contributed by atoms with van der Waals surface area (Å²) in [6.45, 7) is 4.35. The van der Waals surface area contributed by atoms with E-state index in [1.807, 2.05) is 28.1 Å². The first-order chi connectivity index (χ1) is 13.2. The van der Waals surface area contributed by atoms with Crippen LogP contribution in [0.25, 0.3) is 21.5 Å². The van der Waals surface area contributed by atoms with E-state index in [4.69, 9.17) is 0 Å². The van der Waals surface area contributed by atoms with Gasteiger partial charge in [-0.3, -0.25) is 4.79 Å². The fourth-order valence-corrected chi connectivity index (χ4v) is 4.53. The summed E-state index contributed by atoms with van der Waals surface area (Å²) in [6, 6.07) is 10.7. The molecule has 4 nitrogen and oxygen atoms in total. The van der Waals surface area contributed by atoms with Crippen LogP contribution in [-0.2, 0) is 11.3 Å². The smallest absolute Gasteiger partial charge is 0.239 e. The van der Waals surface area contributed by atoms with Crippen LogP contribution >= 0.6 is 11.3 Å². The second kappa shape index (κ2) is 8.23. The highest BCUT2D eigenvalue weighted by Crippen LogP contribution is 2.31. The summed E-state index contributed by atoms with van der Waals surface area (Å²) in [5.74, 6) is -0.264. The first-order valence-electron chi connectivity index (χ1n) is 9.52. The lowest BCUT2D eigenvalue weighted by molar-refractivity contribution is -0.121. The Hall–Kier alpha value is -2.18. The Morgan fingerprint density at radius 3 is 2.81 bits per heavy atom. The third kappa shape index (κ3) is 4.22. The van der Waals surface area contributed by atoms with Crippen molar-refractivity contribution in [2.45, 2.75) is 25.8 Å². The molecule has 4 rings (SSSR count). The van der Waals surface area contributed by atoms with Crippen molar-refractivity contribution in [2.24, 2.45) is 0 Å². The van der Waals surface area contributed by atoms with E-state index in [0.717, 1.165) is 34.4 Å². The molecule has 3 aromatic rings. The zero-order chi connectivity index (χ0) is 18.6. The van der Waals surface area contributed by atoms with Crippen molar-refractivity contribution in [3.05, 3.63) is 47.6 Å². The van der Waals surface area contributed by atoms with Gasteiger partial charge < -0.3 is 14.8 Å². The minimum absolute atomic E-state index is 0.00365. The molecule has 0 bridgehead atoms. The van der Waals surface area contributed by atoms with Gasteiger partial charge in [0.05, 0.1) is 10.6 Å². The molecule has 27 heavy (non-hydrogen) atoms. The molecule has 142 valence electrons. The van der Waals surface area contributed by atoms with Gasteiger partial charge in [-0.15, -0.1) is 11.3 Å². The van der Waals surface area contributed by atoms with Gasteiger partial charge in [-0.25, -0.2) is 4.39 Å². The number of nitrogens with zero attached hydrogens (tertiary/aromatic N) is 2. The van der Waals surface area contributed by atoms with Crippen LogP contribution in [0.1, 0.15) is 19.3 Å². The third-order valence-electron chi connectivity index (χ3n) is 5.11. The largest absolute Gasteiger partial charge is 0.355 e. The Kier molecular flexibility index (Phi) is 5.55. The first-order valence-corrected chi connectivity index (χ1v) is 10.4. The molecule has 0 aliphatic carbocycles. The van der Waals surface area contributed by atoms with Gasteiger partial charge in [-0.2, -0.15) is 0 Å². The van der Waals surface area contributed by atoms with E-state index < -0.39 is 0 Å². The fraction of sp³-hybridized carbons (Fsp3) is 0.381. The molecule has 1 aliphatic heterocycles. The van der Waals surface area contributed by atoms with Crippen LogP contribution in [0.2, 0.25) is 0 Å². The predicted octanol–water partition coefficient (Wildman–Crippen LogP) is 4.11. The summed E-state index contributed by atoms with van der Waals surface area (Å²) < 4.78 is 15.6. The highest BCUT2D eigenvalue weighted by atomic mass is 32.1. The van der Waals surface area contributed by atoms with Gasteiger partial charge in [0, 0.05) is 17.4 Å². The van der Waals surface area contributed by atoms with Gasteiger partial charge in [0.15, 0.2) is 0 Å². The minimum Gasteiger partial charge on any atom is -0.355 e.